The fourth-order valence-corrected chi connectivity index (χ4v) is 2.69. The number of nitrogens with one attached hydrogen (secondary N) is 2. The van der Waals surface area contributed by atoms with Crippen molar-refractivity contribution < 1.29 is 9.18 Å². The van der Waals surface area contributed by atoms with E-state index in [4.69, 9.17) is 0 Å². The van der Waals surface area contributed by atoms with E-state index in [-0.39, 0.29) is 17.6 Å². The second-order valence-corrected chi connectivity index (χ2v) is 5.84. The molecule has 2 rings (SSSR count). The highest BCUT2D eigenvalue weighted by molar-refractivity contribution is 5.79. The molecular formula is C16H23FN2O. The first-order chi connectivity index (χ1) is 9.47. The summed E-state index contributed by atoms with van der Waals surface area (Å²) in [6.45, 7) is 6.85. The van der Waals surface area contributed by atoms with Crippen molar-refractivity contribution in [3.63, 3.8) is 0 Å². The Hall–Kier alpha value is -1.42. The highest BCUT2D eigenvalue weighted by Gasteiger charge is 2.23. The van der Waals surface area contributed by atoms with Crippen LogP contribution < -0.4 is 10.6 Å². The Kier molecular flexibility index (Phi) is 4.76. The van der Waals surface area contributed by atoms with Crippen molar-refractivity contribution in [2.75, 3.05) is 6.54 Å². The summed E-state index contributed by atoms with van der Waals surface area (Å²) in [4.78, 5) is 12.1. The molecule has 20 heavy (non-hydrogen) atoms. The quantitative estimate of drug-likeness (QED) is 0.891. The van der Waals surface area contributed by atoms with Gasteiger partial charge in [0.15, 0.2) is 0 Å². The van der Waals surface area contributed by atoms with Crippen molar-refractivity contribution in [3.8, 4) is 0 Å². The van der Waals surface area contributed by atoms with Crippen LogP contribution in [0.15, 0.2) is 12.1 Å². The molecular weight excluding hydrogens is 255 g/mol. The zero-order chi connectivity index (χ0) is 14.7. The van der Waals surface area contributed by atoms with Gasteiger partial charge in [0.1, 0.15) is 5.82 Å². The monoisotopic (exact) mass is 278 g/mol. The van der Waals surface area contributed by atoms with Crippen LogP contribution in [0.3, 0.4) is 0 Å². The number of benzene rings is 1. The predicted octanol–water partition coefficient (Wildman–Crippen LogP) is 2.45. The van der Waals surface area contributed by atoms with Crippen LogP contribution in [0, 0.1) is 25.6 Å². The molecule has 2 atom stereocenters. The first-order valence-electron chi connectivity index (χ1n) is 7.24. The van der Waals surface area contributed by atoms with Crippen molar-refractivity contribution in [1.29, 1.82) is 0 Å². The SMILES string of the molecule is Cc1cc(CNC(=O)C2CCC(C)NC2)cc(C)c1F. The van der Waals surface area contributed by atoms with Gasteiger partial charge in [0.2, 0.25) is 5.91 Å². The second-order valence-electron chi connectivity index (χ2n) is 5.84. The van der Waals surface area contributed by atoms with Crippen molar-refractivity contribution in [3.05, 3.63) is 34.6 Å². The van der Waals surface area contributed by atoms with Crippen molar-refractivity contribution in [2.24, 2.45) is 5.92 Å². The Labute approximate surface area is 120 Å². The van der Waals surface area contributed by atoms with Gasteiger partial charge in [0, 0.05) is 19.1 Å². The Morgan fingerprint density at radius 1 is 1.35 bits per heavy atom. The molecule has 3 nitrogen and oxygen atoms in total. The van der Waals surface area contributed by atoms with Crippen LogP contribution in [-0.2, 0) is 11.3 Å². The third-order valence-electron chi connectivity index (χ3n) is 3.99. The Morgan fingerprint density at radius 2 is 2.00 bits per heavy atom. The van der Waals surface area contributed by atoms with Crippen molar-refractivity contribution in [1.82, 2.24) is 10.6 Å². The smallest absolute Gasteiger partial charge is 0.224 e. The lowest BCUT2D eigenvalue weighted by Crippen LogP contribution is -2.43. The van der Waals surface area contributed by atoms with Gasteiger partial charge in [-0.05, 0) is 50.3 Å². The molecule has 4 heteroatoms. The molecule has 0 spiro atoms. The standard InChI is InChI=1S/C16H23FN2O/c1-10-6-13(7-11(2)15(10)17)8-19-16(20)14-5-4-12(3)18-9-14/h6-7,12,14,18H,4-5,8-9H2,1-3H3,(H,19,20). The molecule has 0 radical (unpaired) electrons. The molecule has 1 aliphatic heterocycles. The van der Waals surface area contributed by atoms with Crippen LogP contribution in [0.2, 0.25) is 0 Å². The molecule has 1 saturated heterocycles. The summed E-state index contributed by atoms with van der Waals surface area (Å²) < 4.78 is 13.5. The number of carbonyl (C=O) groups excluding carboxylic acids is 1. The van der Waals surface area contributed by atoms with E-state index in [9.17, 15) is 9.18 Å². The molecule has 2 N–H and O–H groups in total. The van der Waals surface area contributed by atoms with Crippen LogP contribution >= 0.6 is 0 Å². The van der Waals surface area contributed by atoms with Gasteiger partial charge in [-0.2, -0.15) is 0 Å². The van der Waals surface area contributed by atoms with E-state index in [1.165, 1.54) is 0 Å². The molecule has 1 aliphatic rings. The number of aryl methyl sites for hydroxylation is 2. The number of rotatable bonds is 3. The second kappa shape index (κ2) is 6.35. The predicted molar refractivity (Wildman–Crippen MR) is 77.9 cm³/mol. The lowest BCUT2D eigenvalue weighted by atomic mass is 9.94. The molecule has 0 saturated carbocycles. The zero-order valence-electron chi connectivity index (χ0n) is 12.4. The number of carbonyl (C=O) groups is 1. The first-order valence-corrected chi connectivity index (χ1v) is 7.24. The van der Waals surface area contributed by atoms with Crippen molar-refractivity contribution >= 4 is 5.91 Å². The number of hydrogen-bond acceptors (Lipinski definition) is 2. The average molecular weight is 278 g/mol. The highest BCUT2D eigenvalue weighted by Crippen LogP contribution is 2.16. The van der Waals surface area contributed by atoms with Gasteiger partial charge in [-0.25, -0.2) is 4.39 Å². The third-order valence-corrected chi connectivity index (χ3v) is 3.99. The molecule has 0 aromatic heterocycles. The zero-order valence-corrected chi connectivity index (χ0v) is 12.4. The molecule has 2 unspecified atom stereocenters. The Morgan fingerprint density at radius 3 is 2.55 bits per heavy atom. The molecule has 1 aromatic carbocycles. The van der Waals surface area contributed by atoms with Gasteiger partial charge >= 0.3 is 0 Å². The largest absolute Gasteiger partial charge is 0.352 e. The summed E-state index contributed by atoms with van der Waals surface area (Å²) in [6, 6.07) is 4.09. The van der Waals surface area contributed by atoms with Gasteiger partial charge in [0.25, 0.3) is 0 Å². The number of amides is 1. The molecule has 1 heterocycles. The number of piperidine rings is 1. The van der Waals surface area contributed by atoms with Gasteiger partial charge in [-0.1, -0.05) is 12.1 Å². The maximum atomic E-state index is 13.5. The van der Waals surface area contributed by atoms with E-state index < -0.39 is 0 Å². The summed E-state index contributed by atoms with van der Waals surface area (Å²) in [5.41, 5.74) is 2.21. The summed E-state index contributed by atoms with van der Waals surface area (Å²) in [6.07, 6.45) is 1.97. The molecule has 110 valence electrons. The maximum Gasteiger partial charge on any atom is 0.224 e. The van der Waals surface area contributed by atoms with Crippen LogP contribution in [0.25, 0.3) is 0 Å². The third kappa shape index (κ3) is 3.57. The van der Waals surface area contributed by atoms with Crippen LogP contribution in [0.5, 0.6) is 0 Å². The van der Waals surface area contributed by atoms with E-state index >= 15 is 0 Å². The van der Waals surface area contributed by atoms with Gasteiger partial charge < -0.3 is 10.6 Å². The van der Waals surface area contributed by atoms with E-state index in [2.05, 4.69) is 17.6 Å². The Balaban J connectivity index is 1.90. The van der Waals surface area contributed by atoms with E-state index in [1.54, 1.807) is 26.0 Å². The molecule has 1 aromatic rings. The highest BCUT2D eigenvalue weighted by atomic mass is 19.1. The van der Waals surface area contributed by atoms with Crippen LogP contribution in [0.1, 0.15) is 36.5 Å². The lowest BCUT2D eigenvalue weighted by Gasteiger charge is -2.26. The van der Waals surface area contributed by atoms with Gasteiger partial charge in [-0.15, -0.1) is 0 Å². The molecule has 1 fully saturated rings. The summed E-state index contributed by atoms with van der Waals surface area (Å²) in [5.74, 6) is -0.0246. The van der Waals surface area contributed by atoms with Gasteiger partial charge in [-0.3, -0.25) is 4.79 Å². The van der Waals surface area contributed by atoms with Crippen LogP contribution in [-0.4, -0.2) is 18.5 Å². The Bertz CT molecular complexity index is 470. The van der Waals surface area contributed by atoms with Crippen molar-refractivity contribution in [2.45, 2.75) is 46.2 Å². The summed E-state index contributed by atoms with van der Waals surface area (Å²) in [7, 11) is 0. The molecule has 0 bridgehead atoms. The topological polar surface area (TPSA) is 41.1 Å². The number of hydrogen-bond donors (Lipinski definition) is 2. The van der Waals surface area contributed by atoms with E-state index in [0.29, 0.717) is 23.7 Å². The summed E-state index contributed by atoms with van der Waals surface area (Å²) in [5, 5.41) is 6.28. The minimum atomic E-state index is -0.162. The van der Waals surface area contributed by atoms with E-state index in [1.807, 2.05) is 0 Å². The summed E-state index contributed by atoms with van der Waals surface area (Å²) >= 11 is 0. The first kappa shape index (κ1) is 15.0. The minimum Gasteiger partial charge on any atom is -0.352 e. The normalized spacial score (nSPS) is 22.6. The fraction of sp³-hybridized carbons (Fsp3) is 0.562. The number of halogens is 1. The maximum absolute atomic E-state index is 13.5. The minimum absolute atomic E-state index is 0.0499. The molecule has 0 aliphatic carbocycles. The lowest BCUT2D eigenvalue weighted by molar-refractivity contribution is -0.125. The molecule has 1 amide bonds. The average Bonchev–Trinajstić information content (AvgIpc) is 2.42. The van der Waals surface area contributed by atoms with Gasteiger partial charge in [0.05, 0.1) is 5.92 Å². The van der Waals surface area contributed by atoms with E-state index in [0.717, 1.165) is 24.9 Å². The van der Waals surface area contributed by atoms with Crippen LogP contribution in [0.4, 0.5) is 4.39 Å². The fourth-order valence-electron chi connectivity index (χ4n) is 2.69.